The van der Waals surface area contributed by atoms with Gasteiger partial charge in [0, 0.05) is 4.86 Å². The molecule has 0 saturated carbocycles. The van der Waals surface area contributed by atoms with Gasteiger partial charge in [-0.15, -0.1) is 0 Å². The Labute approximate surface area is 128 Å². The van der Waals surface area contributed by atoms with Crippen molar-refractivity contribution < 1.29 is 4.79 Å². The number of hydrazone groups is 1. The maximum Gasteiger partial charge on any atom is 0.261 e. The van der Waals surface area contributed by atoms with Crippen molar-refractivity contribution in [3.8, 4) is 0 Å². The molecule has 2 aromatic rings. The third-order valence-electron chi connectivity index (χ3n) is 3.45. The Bertz CT molecular complexity index is 710. The van der Waals surface area contributed by atoms with E-state index in [0.717, 1.165) is 17.0 Å². The lowest BCUT2D eigenvalue weighted by Gasteiger charge is -2.15. The number of amides is 1. The van der Waals surface area contributed by atoms with Crippen LogP contribution in [0.1, 0.15) is 12.5 Å². The van der Waals surface area contributed by atoms with E-state index in [-0.39, 0.29) is 5.91 Å². The first-order valence-electron chi connectivity index (χ1n) is 6.72. The van der Waals surface area contributed by atoms with Crippen molar-refractivity contribution in [2.75, 3.05) is 5.01 Å². The molecular weight excluding hydrogens is 280 g/mol. The average molecular weight is 294 g/mol. The van der Waals surface area contributed by atoms with E-state index in [4.69, 9.17) is 12.2 Å². The molecule has 0 spiro atoms. The van der Waals surface area contributed by atoms with E-state index >= 15 is 0 Å². The summed E-state index contributed by atoms with van der Waals surface area (Å²) in [5, 5.41) is 5.82. The minimum atomic E-state index is -0.456. The zero-order chi connectivity index (χ0) is 14.8. The van der Waals surface area contributed by atoms with Gasteiger partial charge in [-0.25, -0.2) is 0 Å². The van der Waals surface area contributed by atoms with Crippen molar-refractivity contribution in [3.05, 3.63) is 66.2 Å². The summed E-state index contributed by atoms with van der Waals surface area (Å²) in [5.74, 6) is -0.546. The zero-order valence-corrected chi connectivity index (χ0v) is 12.4. The van der Waals surface area contributed by atoms with Crippen LogP contribution in [-0.4, -0.2) is 16.5 Å². The number of carbonyl (C=O) groups excluding carboxylic acids is 1. The summed E-state index contributed by atoms with van der Waals surface area (Å²) in [6.45, 7) is 1.85. The predicted molar refractivity (Wildman–Crippen MR) is 88.7 cm³/mol. The molecule has 4 heteroatoms. The molecule has 2 aromatic carbocycles. The van der Waals surface area contributed by atoms with Crippen LogP contribution in [0.3, 0.4) is 0 Å². The van der Waals surface area contributed by atoms with Gasteiger partial charge in [-0.1, -0.05) is 60.7 Å². The van der Waals surface area contributed by atoms with Crippen LogP contribution in [0.4, 0.5) is 5.69 Å². The molecule has 21 heavy (non-hydrogen) atoms. The Balaban J connectivity index is 1.91. The van der Waals surface area contributed by atoms with Crippen molar-refractivity contribution in [1.82, 2.24) is 0 Å². The summed E-state index contributed by atoms with van der Waals surface area (Å²) in [6, 6.07) is 19.0. The van der Waals surface area contributed by atoms with Crippen molar-refractivity contribution in [2.45, 2.75) is 6.92 Å². The number of hydrogen-bond acceptors (Lipinski definition) is 3. The highest BCUT2D eigenvalue weighted by Gasteiger charge is 2.37. The van der Waals surface area contributed by atoms with Gasteiger partial charge in [-0.05, 0) is 24.6 Å². The number of carbonyl (C=O) groups is 1. The molecule has 0 bridgehead atoms. The first-order valence-corrected chi connectivity index (χ1v) is 7.12. The van der Waals surface area contributed by atoms with Crippen LogP contribution in [0, 0.1) is 5.92 Å². The van der Waals surface area contributed by atoms with Crippen molar-refractivity contribution >= 4 is 34.4 Å². The van der Waals surface area contributed by atoms with Crippen LogP contribution in [0.15, 0.2) is 65.8 Å². The number of nitrogens with zero attached hydrogens (tertiary/aromatic N) is 2. The monoisotopic (exact) mass is 294 g/mol. The molecule has 0 aromatic heterocycles. The fourth-order valence-electron chi connectivity index (χ4n) is 2.39. The molecule has 0 N–H and O–H groups in total. The summed E-state index contributed by atoms with van der Waals surface area (Å²) in [5.41, 5.74) is 2.40. The highest BCUT2D eigenvalue weighted by molar-refractivity contribution is 7.81. The van der Waals surface area contributed by atoms with Crippen LogP contribution in [0.25, 0.3) is 0 Å². The topological polar surface area (TPSA) is 32.7 Å². The Morgan fingerprint density at radius 1 is 1.05 bits per heavy atom. The molecule has 1 atom stereocenters. The average Bonchev–Trinajstić information content (AvgIpc) is 2.83. The zero-order valence-electron chi connectivity index (χ0n) is 11.6. The second-order valence-corrected chi connectivity index (χ2v) is 5.33. The van der Waals surface area contributed by atoms with Crippen LogP contribution >= 0.6 is 12.2 Å². The van der Waals surface area contributed by atoms with Gasteiger partial charge in [-0.3, -0.25) is 4.79 Å². The number of benzene rings is 2. The number of thiocarbonyl (C=S) groups is 1. The fraction of sp³-hybridized carbons (Fsp3) is 0.118. The maximum atomic E-state index is 12.7. The lowest BCUT2D eigenvalue weighted by molar-refractivity contribution is -0.118. The number of hydrogen-bond donors (Lipinski definition) is 0. The molecular formula is C17H14N2OS. The second-order valence-electron chi connectivity index (χ2n) is 4.89. The standard InChI is InChI=1S/C17H14N2OS/c1-12-15(16(21)13-8-4-2-5-9-13)17(20)19(18-12)14-10-6-3-7-11-14/h2-11,15H,1H3/t15-/m0/s1. The van der Waals surface area contributed by atoms with E-state index in [2.05, 4.69) is 5.10 Å². The third-order valence-corrected chi connectivity index (χ3v) is 3.92. The maximum absolute atomic E-state index is 12.7. The van der Waals surface area contributed by atoms with E-state index < -0.39 is 5.92 Å². The van der Waals surface area contributed by atoms with Crippen LogP contribution in [0.5, 0.6) is 0 Å². The van der Waals surface area contributed by atoms with E-state index in [0.29, 0.717) is 4.86 Å². The van der Waals surface area contributed by atoms with Crippen molar-refractivity contribution in [2.24, 2.45) is 11.0 Å². The van der Waals surface area contributed by atoms with Crippen LogP contribution in [0.2, 0.25) is 0 Å². The summed E-state index contributed by atoms with van der Waals surface area (Å²) in [7, 11) is 0. The SMILES string of the molecule is CC1=NN(c2ccccc2)C(=O)[C@@H]1C(=S)c1ccccc1. The molecule has 104 valence electrons. The summed E-state index contributed by atoms with van der Waals surface area (Å²) in [4.78, 5) is 13.3. The smallest absolute Gasteiger partial charge is 0.261 e. The molecule has 0 fully saturated rings. The fourth-order valence-corrected chi connectivity index (χ4v) is 2.80. The third kappa shape index (κ3) is 2.50. The van der Waals surface area contributed by atoms with Gasteiger partial charge in [0.25, 0.3) is 5.91 Å². The van der Waals surface area contributed by atoms with Crippen LogP contribution in [-0.2, 0) is 4.79 Å². The first-order chi connectivity index (χ1) is 10.2. The first kappa shape index (κ1) is 13.6. The molecule has 0 aliphatic carbocycles. The van der Waals surface area contributed by atoms with Gasteiger partial charge < -0.3 is 0 Å². The van der Waals surface area contributed by atoms with Gasteiger partial charge in [0.05, 0.1) is 11.4 Å². The Morgan fingerprint density at radius 2 is 1.62 bits per heavy atom. The van der Waals surface area contributed by atoms with Gasteiger partial charge >= 0.3 is 0 Å². The summed E-state index contributed by atoms with van der Waals surface area (Å²) >= 11 is 5.51. The molecule has 1 heterocycles. The normalized spacial score (nSPS) is 17.8. The number of rotatable bonds is 3. The Morgan fingerprint density at radius 3 is 2.24 bits per heavy atom. The van der Waals surface area contributed by atoms with E-state index in [9.17, 15) is 4.79 Å². The van der Waals surface area contributed by atoms with Gasteiger partial charge in [0.15, 0.2) is 0 Å². The van der Waals surface area contributed by atoms with Gasteiger partial charge in [-0.2, -0.15) is 10.1 Å². The molecule has 1 aliphatic rings. The van der Waals surface area contributed by atoms with Crippen molar-refractivity contribution in [1.29, 1.82) is 0 Å². The van der Waals surface area contributed by atoms with E-state index in [1.807, 2.05) is 67.6 Å². The lowest BCUT2D eigenvalue weighted by Crippen LogP contribution is -2.32. The largest absolute Gasteiger partial charge is 0.271 e. The minimum Gasteiger partial charge on any atom is -0.271 e. The summed E-state index contributed by atoms with van der Waals surface area (Å²) in [6.07, 6.45) is 0. The van der Waals surface area contributed by atoms with Crippen LogP contribution < -0.4 is 5.01 Å². The highest BCUT2D eigenvalue weighted by atomic mass is 32.1. The molecule has 0 radical (unpaired) electrons. The van der Waals surface area contributed by atoms with E-state index in [1.165, 1.54) is 5.01 Å². The Kier molecular flexibility index (Phi) is 3.62. The van der Waals surface area contributed by atoms with Gasteiger partial charge in [0.1, 0.15) is 5.92 Å². The lowest BCUT2D eigenvalue weighted by atomic mass is 9.95. The second kappa shape index (κ2) is 5.58. The molecule has 1 aliphatic heterocycles. The van der Waals surface area contributed by atoms with Crippen molar-refractivity contribution in [3.63, 3.8) is 0 Å². The van der Waals surface area contributed by atoms with E-state index in [1.54, 1.807) is 0 Å². The van der Waals surface area contributed by atoms with Gasteiger partial charge in [0.2, 0.25) is 0 Å². The molecule has 0 saturated heterocycles. The Hall–Kier alpha value is -2.33. The molecule has 0 unspecified atom stereocenters. The quantitative estimate of drug-likeness (QED) is 0.641. The molecule has 3 nitrogen and oxygen atoms in total. The highest BCUT2D eigenvalue weighted by Crippen LogP contribution is 2.26. The summed E-state index contributed by atoms with van der Waals surface area (Å²) < 4.78 is 0. The molecule has 3 rings (SSSR count). The molecule has 1 amide bonds. The number of para-hydroxylation sites is 1. The predicted octanol–water partition coefficient (Wildman–Crippen LogP) is 3.44. The minimum absolute atomic E-state index is 0.0902. The number of anilines is 1.